The largest absolute Gasteiger partial charge is 0.416 e. The first kappa shape index (κ1) is 29.1. The molecule has 0 saturated heterocycles. The van der Waals surface area contributed by atoms with Crippen molar-refractivity contribution in [3.8, 4) is 0 Å². The van der Waals surface area contributed by atoms with E-state index in [0.717, 1.165) is 35.4 Å². The minimum atomic E-state index is -4.54. The summed E-state index contributed by atoms with van der Waals surface area (Å²) in [4.78, 5) is 0. The molecular weight excluding hydrogens is 478 g/mol. The van der Waals surface area contributed by atoms with Gasteiger partial charge in [0, 0.05) is 24.5 Å². The lowest BCUT2D eigenvalue weighted by atomic mass is 9.87. The number of hydrogen-bond donors (Lipinski definition) is 2. The van der Waals surface area contributed by atoms with Gasteiger partial charge in [-0.15, -0.1) is 0 Å². The predicted molar refractivity (Wildman–Crippen MR) is 134 cm³/mol. The summed E-state index contributed by atoms with van der Waals surface area (Å²) in [6, 6.07) is 15.9. The Kier molecular flexibility index (Phi) is 9.46. The van der Waals surface area contributed by atoms with Crippen LogP contribution in [0.25, 0.3) is 0 Å². The van der Waals surface area contributed by atoms with E-state index in [1.165, 1.54) is 12.1 Å². The average molecular weight is 511 g/mol. The van der Waals surface area contributed by atoms with E-state index >= 15 is 0 Å². The second kappa shape index (κ2) is 11.7. The van der Waals surface area contributed by atoms with Gasteiger partial charge in [-0.2, -0.15) is 26.3 Å². The smallest absolute Gasteiger partial charge is 0.381 e. The van der Waals surface area contributed by atoms with E-state index in [4.69, 9.17) is 0 Å². The molecule has 196 valence electrons. The molecule has 0 radical (unpaired) electrons. The van der Waals surface area contributed by atoms with E-state index in [1.54, 1.807) is 6.07 Å². The third-order valence-corrected chi connectivity index (χ3v) is 5.35. The fourth-order valence-corrected chi connectivity index (χ4v) is 3.34. The van der Waals surface area contributed by atoms with Crippen LogP contribution in [0.4, 0.5) is 37.7 Å². The number of halogens is 6. The summed E-state index contributed by atoms with van der Waals surface area (Å²) in [5.41, 5.74) is 1.48. The Morgan fingerprint density at radius 1 is 0.528 bits per heavy atom. The van der Waals surface area contributed by atoms with Crippen molar-refractivity contribution >= 4 is 11.4 Å². The molecule has 3 aromatic carbocycles. The van der Waals surface area contributed by atoms with E-state index in [0.29, 0.717) is 12.1 Å². The summed E-state index contributed by atoms with van der Waals surface area (Å²) < 4.78 is 78.4. The molecule has 0 amide bonds. The fourth-order valence-electron chi connectivity index (χ4n) is 3.34. The van der Waals surface area contributed by atoms with Gasteiger partial charge >= 0.3 is 12.4 Å². The van der Waals surface area contributed by atoms with Crippen LogP contribution in [0.2, 0.25) is 0 Å². The van der Waals surface area contributed by atoms with Crippen LogP contribution in [-0.4, -0.2) is 0 Å². The van der Waals surface area contributed by atoms with Gasteiger partial charge in [-0.3, -0.25) is 0 Å². The molecule has 0 heterocycles. The summed E-state index contributed by atoms with van der Waals surface area (Å²) >= 11 is 0. The van der Waals surface area contributed by atoms with Crippen molar-refractivity contribution in [2.75, 3.05) is 10.6 Å². The Morgan fingerprint density at radius 3 is 1.22 bits per heavy atom. The maximum Gasteiger partial charge on any atom is 0.416 e. The van der Waals surface area contributed by atoms with Gasteiger partial charge in [0.25, 0.3) is 0 Å². The minimum Gasteiger partial charge on any atom is -0.381 e. The van der Waals surface area contributed by atoms with E-state index in [9.17, 15) is 26.3 Å². The van der Waals surface area contributed by atoms with Crippen LogP contribution in [0.5, 0.6) is 0 Å². The van der Waals surface area contributed by atoms with Crippen molar-refractivity contribution in [2.45, 2.75) is 65.5 Å². The molecule has 0 aliphatic carbocycles. The first-order valence-electron chi connectivity index (χ1n) is 11.7. The number of benzene rings is 3. The molecule has 0 atom stereocenters. The molecule has 8 heteroatoms. The van der Waals surface area contributed by atoms with Crippen molar-refractivity contribution < 1.29 is 26.3 Å². The number of alkyl halides is 6. The summed E-state index contributed by atoms with van der Waals surface area (Å²) in [5, 5.41) is 5.90. The fraction of sp³-hybridized carbons (Fsp3) is 0.357. The van der Waals surface area contributed by atoms with Crippen molar-refractivity contribution in [3.05, 3.63) is 94.5 Å². The highest BCUT2D eigenvalue weighted by molar-refractivity contribution is 5.60. The van der Waals surface area contributed by atoms with Gasteiger partial charge in [-0.25, -0.2) is 0 Å². The molecule has 0 saturated carbocycles. The molecule has 0 fully saturated rings. The maximum absolute atomic E-state index is 13.4. The molecule has 2 N–H and O–H groups in total. The number of rotatable bonds is 6. The zero-order valence-corrected chi connectivity index (χ0v) is 21.0. The van der Waals surface area contributed by atoms with Crippen LogP contribution in [-0.2, 0) is 30.9 Å². The molecule has 2 nitrogen and oxygen atoms in total. The van der Waals surface area contributed by atoms with Gasteiger partial charge in [0.2, 0.25) is 0 Å². The molecule has 0 bridgehead atoms. The van der Waals surface area contributed by atoms with E-state index in [1.807, 2.05) is 38.1 Å². The van der Waals surface area contributed by atoms with E-state index < -0.39 is 23.5 Å². The first-order valence-corrected chi connectivity index (χ1v) is 11.7. The third-order valence-electron chi connectivity index (χ3n) is 5.35. The monoisotopic (exact) mass is 510 g/mol. The molecule has 0 aliphatic heterocycles. The molecule has 0 spiro atoms. The van der Waals surface area contributed by atoms with Gasteiger partial charge < -0.3 is 10.6 Å². The molecule has 3 aromatic rings. The zero-order valence-electron chi connectivity index (χ0n) is 21.0. The lowest BCUT2D eigenvalue weighted by molar-refractivity contribution is -0.138. The molecule has 3 rings (SSSR count). The highest BCUT2D eigenvalue weighted by Crippen LogP contribution is 2.34. The normalized spacial score (nSPS) is 12.0. The van der Waals surface area contributed by atoms with Crippen molar-refractivity contribution in [3.63, 3.8) is 0 Å². The Bertz CT molecular complexity index is 1010. The van der Waals surface area contributed by atoms with Gasteiger partial charge in [0.15, 0.2) is 0 Å². The molecule has 36 heavy (non-hydrogen) atoms. The lowest BCUT2D eigenvalue weighted by Gasteiger charge is -2.19. The zero-order chi connectivity index (χ0) is 27.1. The van der Waals surface area contributed by atoms with Crippen molar-refractivity contribution in [1.29, 1.82) is 0 Å². The van der Waals surface area contributed by atoms with E-state index in [2.05, 4.69) is 31.4 Å². The standard InChI is InChI=1S/C26H26F6N2.C2H6/c1-24(2,3)19-8-4-17(5-9-19)15-33-22-12-21(26(30,31)32)13-23(14-22)34-16-18-6-10-20(11-7-18)25(27,28)29;1-2/h4-14,33-34H,15-16H2,1-3H3;1-2H3. The van der Waals surface area contributed by atoms with Crippen LogP contribution < -0.4 is 10.6 Å². The quantitative estimate of drug-likeness (QED) is 0.323. The van der Waals surface area contributed by atoms with Crippen LogP contribution >= 0.6 is 0 Å². The van der Waals surface area contributed by atoms with Crippen LogP contribution in [0, 0.1) is 0 Å². The van der Waals surface area contributed by atoms with Gasteiger partial charge in [-0.05, 0) is 52.4 Å². The Morgan fingerprint density at radius 2 is 0.889 bits per heavy atom. The number of anilines is 2. The topological polar surface area (TPSA) is 24.1 Å². The highest BCUT2D eigenvalue weighted by Gasteiger charge is 2.31. The minimum absolute atomic E-state index is 0.000630. The lowest BCUT2D eigenvalue weighted by Crippen LogP contribution is -2.11. The van der Waals surface area contributed by atoms with Crippen molar-refractivity contribution in [2.24, 2.45) is 0 Å². The first-order chi connectivity index (χ1) is 16.7. The van der Waals surface area contributed by atoms with Crippen LogP contribution in [0.15, 0.2) is 66.7 Å². The van der Waals surface area contributed by atoms with Gasteiger partial charge in [0.05, 0.1) is 11.1 Å². The summed E-state index contributed by atoms with van der Waals surface area (Å²) in [6.45, 7) is 10.7. The summed E-state index contributed by atoms with van der Waals surface area (Å²) in [6.07, 6.45) is -8.99. The van der Waals surface area contributed by atoms with Crippen LogP contribution in [0.3, 0.4) is 0 Å². The Balaban J connectivity index is 0.00000222. The Labute approximate surface area is 208 Å². The van der Waals surface area contributed by atoms with Gasteiger partial charge in [-0.1, -0.05) is 71.0 Å². The number of hydrogen-bond acceptors (Lipinski definition) is 2. The highest BCUT2D eigenvalue weighted by atomic mass is 19.4. The van der Waals surface area contributed by atoms with Crippen molar-refractivity contribution in [1.82, 2.24) is 0 Å². The van der Waals surface area contributed by atoms with Gasteiger partial charge in [0.1, 0.15) is 0 Å². The summed E-state index contributed by atoms with van der Waals surface area (Å²) in [5.74, 6) is 0. The molecule has 0 aliphatic rings. The molecule has 0 aromatic heterocycles. The number of nitrogens with one attached hydrogen (secondary N) is 2. The third kappa shape index (κ3) is 8.50. The molecule has 0 unspecified atom stereocenters. The Hall–Kier alpha value is -3.16. The van der Waals surface area contributed by atoms with E-state index in [-0.39, 0.29) is 23.3 Å². The second-order valence-corrected chi connectivity index (χ2v) is 9.15. The average Bonchev–Trinajstić information content (AvgIpc) is 2.81. The molecular formula is C28H32F6N2. The second-order valence-electron chi connectivity index (χ2n) is 9.15. The SMILES string of the molecule is CC.CC(C)(C)c1ccc(CNc2cc(NCc3ccc(C(F)(F)F)cc3)cc(C(F)(F)F)c2)cc1. The predicted octanol–water partition coefficient (Wildman–Crippen LogP) is 9.27. The maximum atomic E-state index is 13.4. The summed E-state index contributed by atoms with van der Waals surface area (Å²) in [7, 11) is 0. The van der Waals surface area contributed by atoms with Crippen LogP contribution in [0.1, 0.15) is 62.4 Å².